The van der Waals surface area contributed by atoms with Gasteiger partial charge in [-0.25, -0.2) is 4.31 Å². The number of piperazine rings is 1. The Morgan fingerprint density at radius 3 is 2.48 bits per heavy atom. The van der Waals surface area contributed by atoms with Gasteiger partial charge in [-0.3, -0.25) is 9.59 Å². The predicted octanol–water partition coefficient (Wildman–Crippen LogP) is 2.82. The summed E-state index contributed by atoms with van der Waals surface area (Å²) in [5.41, 5.74) is 3.90. The summed E-state index contributed by atoms with van der Waals surface area (Å²) in [6.07, 6.45) is 1.35. The first-order valence-corrected chi connectivity index (χ1v) is 9.14. The number of nitrogens with zero attached hydrogens (tertiary/aromatic N) is 2. The summed E-state index contributed by atoms with van der Waals surface area (Å²) in [6.45, 7) is 3.85. The van der Waals surface area contributed by atoms with Gasteiger partial charge in [-0.15, -0.1) is 0 Å². The summed E-state index contributed by atoms with van der Waals surface area (Å²) >= 11 is 1.76. The lowest BCUT2D eigenvalue weighted by Gasteiger charge is -2.35. The fourth-order valence-electron chi connectivity index (χ4n) is 3.21. The van der Waals surface area contributed by atoms with Gasteiger partial charge in [0.05, 0.1) is 6.42 Å². The molecule has 2 aliphatic rings. The third-order valence-corrected chi connectivity index (χ3v) is 5.66. The molecule has 0 aliphatic carbocycles. The van der Waals surface area contributed by atoms with E-state index in [1.54, 1.807) is 11.9 Å². The molecule has 1 saturated heterocycles. The second kappa shape index (κ2) is 6.90. The molecule has 2 aliphatic heterocycles. The van der Waals surface area contributed by atoms with Gasteiger partial charge in [-0.2, -0.15) is 0 Å². The standard InChI is InChI=1S/C19H19N3O2S/c23-13-14-1-3-16(4-2-14)21-7-9-22(10-8-21)25-17-5-6-18-15(11-17)12-19(24)20-18/h1-6,11,13H,7-10,12H2,(H,20,24). The SMILES string of the molecule is O=Cc1ccc(N2CCN(Sc3ccc4c(c3)CC(=O)N4)CC2)cc1. The van der Waals surface area contributed by atoms with Gasteiger partial charge in [0.2, 0.25) is 5.91 Å². The van der Waals surface area contributed by atoms with Crippen LogP contribution in [0.4, 0.5) is 11.4 Å². The smallest absolute Gasteiger partial charge is 0.228 e. The molecule has 2 aromatic carbocycles. The fraction of sp³-hybridized carbons (Fsp3) is 0.263. The molecule has 0 saturated carbocycles. The maximum absolute atomic E-state index is 11.5. The number of hydrogen-bond donors (Lipinski definition) is 1. The largest absolute Gasteiger partial charge is 0.369 e. The van der Waals surface area contributed by atoms with Crippen LogP contribution in [-0.2, 0) is 11.2 Å². The maximum atomic E-state index is 11.5. The van der Waals surface area contributed by atoms with Crippen LogP contribution in [0.15, 0.2) is 47.4 Å². The highest BCUT2D eigenvalue weighted by Gasteiger charge is 2.21. The molecule has 0 radical (unpaired) electrons. The average Bonchev–Trinajstić information content (AvgIpc) is 3.02. The van der Waals surface area contributed by atoms with Crippen LogP contribution < -0.4 is 10.2 Å². The molecule has 0 spiro atoms. The van der Waals surface area contributed by atoms with Crippen molar-refractivity contribution in [1.82, 2.24) is 4.31 Å². The van der Waals surface area contributed by atoms with Gasteiger partial charge < -0.3 is 10.2 Å². The summed E-state index contributed by atoms with van der Waals surface area (Å²) in [4.78, 5) is 25.7. The Morgan fingerprint density at radius 1 is 1.00 bits per heavy atom. The van der Waals surface area contributed by atoms with Gasteiger partial charge in [0, 0.05) is 48.0 Å². The van der Waals surface area contributed by atoms with E-state index in [9.17, 15) is 9.59 Å². The van der Waals surface area contributed by atoms with Crippen molar-refractivity contribution in [2.75, 3.05) is 36.4 Å². The summed E-state index contributed by atoms with van der Waals surface area (Å²) < 4.78 is 2.36. The van der Waals surface area contributed by atoms with Gasteiger partial charge in [-0.1, -0.05) is 0 Å². The number of rotatable bonds is 4. The number of anilines is 2. The van der Waals surface area contributed by atoms with Crippen molar-refractivity contribution >= 4 is 35.5 Å². The topological polar surface area (TPSA) is 52.7 Å². The van der Waals surface area contributed by atoms with Crippen molar-refractivity contribution in [3.05, 3.63) is 53.6 Å². The third-order valence-electron chi connectivity index (χ3n) is 4.57. The zero-order chi connectivity index (χ0) is 17.2. The van der Waals surface area contributed by atoms with Crippen LogP contribution in [0.3, 0.4) is 0 Å². The van der Waals surface area contributed by atoms with E-state index in [1.165, 1.54) is 4.90 Å². The summed E-state index contributed by atoms with van der Waals surface area (Å²) in [7, 11) is 0. The molecule has 0 atom stereocenters. The Morgan fingerprint density at radius 2 is 1.76 bits per heavy atom. The molecule has 128 valence electrons. The van der Waals surface area contributed by atoms with Crippen molar-refractivity contribution in [3.8, 4) is 0 Å². The molecule has 6 heteroatoms. The zero-order valence-corrected chi connectivity index (χ0v) is 14.6. The molecule has 1 fully saturated rings. The van der Waals surface area contributed by atoms with Gasteiger partial charge in [-0.05, 0) is 60.0 Å². The van der Waals surface area contributed by atoms with E-state index in [-0.39, 0.29) is 5.91 Å². The molecule has 25 heavy (non-hydrogen) atoms. The van der Waals surface area contributed by atoms with E-state index in [4.69, 9.17) is 0 Å². The minimum absolute atomic E-state index is 0.0753. The fourth-order valence-corrected chi connectivity index (χ4v) is 4.18. The van der Waals surface area contributed by atoms with Gasteiger partial charge in [0.25, 0.3) is 0 Å². The molecule has 4 rings (SSSR count). The van der Waals surface area contributed by atoms with E-state index < -0.39 is 0 Å². The Kier molecular flexibility index (Phi) is 4.46. The van der Waals surface area contributed by atoms with E-state index in [0.717, 1.165) is 49.4 Å². The quantitative estimate of drug-likeness (QED) is 0.677. The molecular weight excluding hydrogens is 334 g/mol. The highest BCUT2D eigenvalue weighted by molar-refractivity contribution is 7.97. The second-order valence-electron chi connectivity index (χ2n) is 6.26. The van der Waals surface area contributed by atoms with Crippen LogP contribution in [0.2, 0.25) is 0 Å². The molecule has 0 unspecified atom stereocenters. The van der Waals surface area contributed by atoms with E-state index in [1.807, 2.05) is 30.3 Å². The molecule has 0 aromatic heterocycles. The Hall–Kier alpha value is -2.31. The highest BCUT2D eigenvalue weighted by Crippen LogP contribution is 2.31. The predicted molar refractivity (Wildman–Crippen MR) is 100 cm³/mol. The number of carbonyl (C=O) groups excluding carboxylic acids is 2. The van der Waals surface area contributed by atoms with Crippen LogP contribution in [-0.4, -0.2) is 42.7 Å². The number of hydrogen-bond acceptors (Lipinski definition) is 5. The molecule has 1 amide bonds. The average molecular weight is 353 g/mol. The maximum Gasteiger partial charge on any atom is 0.228 e. The van der Waals surface area contributed by atoms with Crippen LogP contribution in [0, 0.1) is 0 Å². The first kappa shape index (κ1) is 16.2. The normalized spacial score (nSPS) is 17.3. The Labute approximate surface area is 151 Å². The number of fused-ring (bicyclic) bond motifs is 1. The lowest BCUT2D eigenvalue weighted by Crippen LogP contribution is -2.43. The molecule has 2 heterocycles. The minimum atomic E-state index is 0.0753. The van der Waals surface area contributed by atoms with Gasteiger partial charge in [0.1, 0.15) is 6.29 Å². The molecule has 2 aromatic rings. The van der Waals surface area contributed by atoms with Crippen molar-refractivity contribution in [3.63, 3.8) is 0 Å². The summed E-state index contributed by atoms with van der Waals surface area (Å²) in [5, 5.41) is 2.87. The van der Waals surface area contributed by atoms with Crippen LogP contribution in [0.5, 0.6) is 0 Å². The summed E-state index contributed by atoms with van der Waals surface area (Å²) in [6, 6.07) is 13.9. The lowest BCUT2D eigenvalue weighted by molar-refractivity contribution is -0.115. The highest BCUT2D eigenvalue weighted by atomic mass is 32.2. The first-order chi connectivity index (χ1) is 12.2. The molecular formula is C19H19N3O2S. The number of nitrogens with one attached hydrogen (secondary N) is 1. The lowest BCUT2D eigenvalue weighted by atomic mass is 10.2. The number of amides is 1. The minimum Gasteiger partial charge on any atom is -0.369 e. The van der Waals surface area contributed by atoms with E-state index in [2.05, 4.69) is 26.7 Å². The zero-order valence-electron chi connectivity index (χ0n) is 13.8. The van der Waals surface area contributed by atoms with Gasteiger partial charge in [0.15, 0.2) is 0 Å². The van der Waals surface area contributed by atoms with Crippen LogP contribution >= 0.6 is 11.9 Å². The number of aldehydes is 1. The first-order valence-electron chi connectivity index (χ1n) is 8.37. The van der Waals surface area contributed by atoms with E-state index in [0.29, 0.717) is 12.0 Å². The van der Waals surface area contributed by atoms with Crippen LogP contribution in [0.1, 0.15) is 15.9 Å². The number of carbonyl (C=O) groups is 2. The van der Waals surface area contributed by atoms with Crippen molar-refractivity contribution < 1.29 is 9.59 Å². The molecule has 5 nitrogen and oxygen atoms in total. The second-order valence-corrected chi connectivity index (χ2v) is 7.43. The van der Waals surface area contributed by atoms with Crippen molar-refractivity contribution in [1.29, 1.82) is 0 Å². The van der Waals surface area contributed by atoms with Gasteiger partial charge >= 0.3 is 0 Å². The van der Waals surface area contributed by atoms with E-state index >= 15 is 0 Å². The molecule has 0 bridgehead atoms. The Bertz CT molecular complexity index is 799. The Balaban J connectivity index is 1.35. The molecule has 1 N–H and O–H groups in total. The monoisotopic (exact) mass is 353 g/mol. The van der Waals surface area contributed by atoms with Crippen molar-refractivity contribution in [2.45, 2.75) is 11.3 Å². The summed E-state index contributed by atoms with van der Waals surface area (Å²) in [5.74, 6) is 0.0753. The third kappa shape index (κ3) is 3.55. The number of benzene rings is 2. The van der Waals surface area contributed by atoms with Crippen LogP contribution in [0.25, 0.3) is 0 Å². The van der Waals surface area contributed by atoms with Crippen molar-refractivity contribution in [2.24, 2.45) is 0 Å².